The number of sulfonamides is 1. The molecule has 0 aromatic heterocycles. The SMILES string of the molecule is NS(=O)(=O)c1ccc(CCNC(=O)COc2ccccc2)cc1. The summed E-state index contributed by atoms with van der Waals surface area (Å²) in [5, 5.41) is 7.77. The molecule has 0 spiro atoms. The number of para-hydroxylation sites is 1. The summed E-state index contributed by atoms with van der Waals surface area (Å²) >= 11 is 0. The van der Waals surface area contributed by atoms with Crippen molar-refractivity contribution < 1.29 is 17.9 Å². The van der Waals surface area contributed by atoms with Crippen molar-refractivity contribution >= 4 is 15.9 Å². The molecular formula is C16H18N2O4S. The van der Waals surface area contributed by atoms with E-state index in [1.165, 1.54) is 12.1 Å². The lowest BCUT2D eigenvalue weighted by Gasteiger charge is -2.07. The van der Waals surface area contributed by atoms with Gasteiger partial charge in [0.2, 0.25) is 10.0 Å². The Hall–Kier alpha value is -2.38. The van der Waals surface area contributed by atoms with Crippen LogP contribution >= 0.6 is 0 Å². The highest BCUT2D eigenvalue weighted by Crippen LogP contribution is 2.09. The van der Waals surface area contributed by atoms with Crippen LogP contribution in [0.25, 0.3) is 0 Å². The zero-order chi connectivity index (χ0) is 16.7. The van der Waals surface area contributed by atoms with E-state index < -0.39 is 10.0 Å². The third-order valence-corrected chi connectivity index (χ3v) is 4.03. The summed E-state index contributed by atoms with van der Waals surface area (Å²) in [6, 6.07) is 15.3. The summed E-state index contributed by atoms with van der Waals surface area (Å²) in [5.41, 5.74) is 0.904. The topological polar surface area (TPSA) is 98.5 Å². The molecule has 0 radical (unpaired) electrons. The van der Waals surface area contributed by atoms with Crippen LogP contribution in [0.4, 0.5) is 0 Å². The van der Waals surface area contributed by atoms with Gasteiger partial charge in [-0.1, -0.05) is 30.3 Å². The Morgan fingerprint density at radius 2 is 1.70 bits per heavy atom. The molecule has 0 fully saturated rings. The molecule has 3 N–H and O–H groups in total. The summed E-state index contributed by atoms with van der Waals surface area (Å²) in [6.45, 7) is 0.389. The minimum absolute atomic E-state index is 0.0473. The Kier molecular flexibility index (Phi) is 5.72. The molecule has 0 atom stereocenters. The third-order valence-electron chi connectivity index (χ3n) is 3.10. The Bertz CT molecular complexity index is 743. The summed E-state index contributed by atoms with van der Waals surface area (Å²) < 4.78 is 27.6. The van der Waals surface area contributed by atoms with Crippen LogP contribution in [0.2, 0.25) is 0 Å². The second-order valence-corrected chi connectivity index (χ2v) is 6.45. The first-order valence-corrected chi connectivity index (χ1v) is 8.56. The van der Waals surface area contributed by atoms with E-state index in [9.17, 15) is 13.2 Å². The predicted octanol–water partition coefficient (Wildman–Crippen LogP) is 1.07. The average Bonchev–Trinajstić information content (AvgIpc) is 2.53. The number of amides is 1. The second kappa shape index (κ2) is 7.75. The van der Waals surface area contributed by atoms with E-state index in [1.54, 1.807) is 24.3 Å². The molecule has 6 nitrogen and oxygen atoms in total. The van der Waals surface area contributed by atoms with E-state index in [4.69, 9.17) is 9.88 Å². The zero-order valence-corrected chi connectivity index (χ0v) is 13.3. The van der Waals surface area contributed by atoms with Gasteiger partial charge in [0, 0.05) is 6.54 Å². The van der Waals surface area contributed by atoms with Gasteiger partial charge in [-0.25, -0.2) is 13.6 Å². The molecule has 7 heteroatoms. The molecule has 2 rings (SSSR count). The van der Waals surface area contributed by atoms with Crippen molar-refractivity contribution in [3.05, 3.63) is 60.2 Å². The standard InChI is InChI=1S/C16H18N2O4S/c17-23(20,21)15-8-6-13(7-9-15)10-11-18-16(19)12-22-14-4-2-1-3-5-14/h1-9H,10-12H2,(H,18,19)(H2,17,20,21). The number of carbonyl (C=O) groups is 1. The minimum atomic E-state index is -3.67. The van der Waals surface area contributed by atoms with Crippen LogP contribution in [-0.4, -0.2) is 27.5 Å². The number of primary sulfonamides is 1. The largest absolute Gasteiger partial charge is 0.484 e. The number of carbonyl (C=O) groups excluding carboxylic acids is 1. The van der Waals surface area contributed by atoms with Gasteiger partial charge < -0.3 is 10.1 Å². The van der Waals surface area contributed by atoms with Crippen LogP contribution in [0.3, 0.4) is 0 Å². The maximum atomic E-state index is 11.7. The van der Waals surface area contributed by atoms with Gasteiger partial charge in [0.1, 0.15) is 5.75 Å². The number of rotatable bonds is 7. The number of benzene rings is 2. The van der Waals surface area contributed by atoms with Crippen molar-refractivity contribution in [2.24, 2.45) is 5.14 Å². The maximum absolute atomic E-state index is 11.7. The molecule has 0 saturated carbocycles. The van der Waals surface area contributed by atoms with Gasteiger partial charge in [-0.05, 0) is 36.2 Å². The van der Waals surface area contributed by atoms with Crippen molar-refractivity contribution in [1.82, 2.24) is 5.32 Å². The van der Waals surface area contributed by atoms with E-state index >= 15 is 0 Å². The first-order valence-electron chi connectivity index (χ1n) is 7.01. The third kappa shape index (κ3) is 5.72. The number of hydrogen-bond donors (Lipinski definition) is 2. The van der Waals surface area contributed by atoms with E-state index in [2.05, 4.69) is 5.32 Å². The molecule has 122 valence electrons. The molecule has 23 heavy (non-hydrogen) atoms. The lowest BCUT2D eigenvalue weighted by Crippen LogP contribution is -2.30. The second-order valence-electron chi connectivity index (χ2n) is 4.89. The van der Waals surface area contributed by atoms with E-state index in [0.717, 1.165) is 5.56 Å². The minimum Gasteiger partial charge on any atom is -0.484 e. The Balaban J connectivity index is 1.73. The highest BCUT2D eigenvalue weighted by Gasteiger charge is 2.07. The molecule has 0 aliphatic carbocycles. The number of ether oxygens (including phenoxy) is 1. The first kappa shape index (κ1) is 17.0. The highest BCUT2D eigenvalue weighted by molar-refractivity contribution is 7.89. The Morgan fingerprint density at radius 3 is 2.30 bits per heavy atom. The van der Waals surface area contributed by atoms with Crippen LogP contribution in [0.15, 0.2) is 59.5 Å². The van der Waals surface area contributed by atoms with E-state index in [1.807, 2.05) is 18.2 Å². The van der Waals surface area contributed by atoms with Crippen LogP contribution in [0.5, 0.6) is 5.75 Å². The van der Waals surface area contributed by atoms with Crippen LogP contribution in [0, 0.1) is 0 Å². The van der Waals surface area contributed by atoms with Crippen molar-refractivity contribution in [3.63, 3.8) is 0 Å². The Morgan fingerprint density at radius 1 is 1.04 bits per heavy atom. The molecule has 0 aliphatic rings. The summed E-state index contributed by atoms with van der Waals surface area (Å²) in [5.74, 6) is 0.427. The first-order chi connectivity index (χ1) is 10.9. The molecule has 0 aliphatic heterocycles. The van der Waals surface area contributed by atoms with Crippen LogP contribution in [0.1, 0.15) is 5.56 Å². The lowest BCUT2D eigenvalue weighted by atomic mass is 10.1. The highest BCUT2D eigenvalue weighted by atomic mass is 32.2. The number of nitrogens with two attached hydrogens (primary N) is 1. The summed E-state index contributed by atoms with van der Waals surface area (Å²) in [7, 11) is -3.67. The fraction of sp³-hybridized carbons (Fsp3) is 0.188. The average molecular weight is 334 g/mol. The van der Waals surface area contributed by atoms with E-state index in [-0.39, 0.29) is 17.4 Å². The molecule has 2 aromatic carbocycles. The molecule has 1 amide bonds. The van der Waals surface area contributed by atoms with E-state index in [0.29, 0.717) is 18.7 Å². The summed E-state index contributed by atoms with van der Waals surface area (Å²) in [6.07, 6.45) is 0.585. The van der Waals surface area contributed by atoms with Crippen molar-refractivity contribution in [3.8, 4) is 5.75 Å². The maximum Gasteiger partial charge on any atom is 0.257 e. The van der Waals surface area contributed by atoms with Gasteiger partial charge >= 0.3 is 0 Å². The molecule has 0 unspecified atom stereocenters. The fourth-order valence-electron chi connectivity index (χ4n) is 1.91. The predicted molar refractivity (Wildman–Crippen MR) is 86.5 cm³/mol. The number of hydrogen-bond acceptors (Lipinski definition) is 4. The fourth-order valence-corrected chi connectivity index (χ4v) is 2.42. The van der Waals surface area contributed by atoms with Crippen LogP contribution in [-0.2, 0) is 21.2 Å². The molecule has 0 heterocycles. The summed E-state index contributed by atoms with van der Waals surface area (Å²) in [4.78, 5) is 11.7. The van der Waals surface area contributed by atoms with Gasteiger partial charge in [0.05, 0.1) is 4.90 Å². The normalized spacial score (nSPS) is 11.0. The van der Waals surface area contributed by atoms with Crippen molar-refractivity contribution in [2.75, 3.05) is 13.2 Å². The monoisotopic (exact) mass is 334 g/mol. The van der Waals surface area contributed by atoms with Crippen molar-refractivity contribution in [2.45, 2.75) is 11.3 Å². The lowest BCUT2D eigenvalue weighted by molar-refractivity contribution is -0.123. The molecule has 0 saturated heterocycles. The van der Waals surface area contributed by atoms with Gasteiger partial charge in [0.15, 0.2) is 6.61 Å². The molecule has 2 aromatic rings. The smallest absolute Gasteiger partial charge is 0.257 e. The van der Waals surface area contributed by atoms with Crippen LogP contribution < -0.4 is 15.2 Å². The van der Waals surface area contributed by atoms with Gasteiger partial charge in [0.25, 0.3) is 5.91 Å². The zero-order valence-electron chi connectivity index (χ0n) is 12.4. The number of nitrogens with one attached hydrogen (secondary N) is 1. The quantitative estimate of drug-likeness (QED) is 0.791. The van der Waals surface area contributed by atoms with Gasteiger partial charge in [-0.15, -0.1) is 0 Å². The molecule has 0 bridgehead atoms. The van der Waals surface area contributed by atoms with Gasteiger partial charge in [-0.2, -0.15) is 0 Å². The van der Waals surface area contributed by atoms with Gasteiger partial charge in [-0.3, -0.25) is 4.79 Å². The van der Waals surface area contributed by atoms with Crippen molar-refractivity contribution in [1.29, 1.82) is 0 Å². The Labute approximate surface area is 135 Å². The molecular weight excluding hydrogens is 316 g/mol.